The number of aromatic hydroxyl groups is 1. The Labute approximate surface area is 183 Å². The molecule has 0 saturated carbocycles. The molecule has 5 nitrogen and oxygen atoms in total. The van der Waals surface area contributed by atoms with Crippen LogP contribution in [0, 0.1) is 11.3 Å². The lowest BCUT2D eigenvalue weighted by Gasteiger charge is -2.13. The second kappa shape index (κ2) is 7.00. The summed E-state index contributed by atoms with van der Waals surface area (Å²) in [5, 5.41) is 24.0. The second-order valence-electron chi connectivity index (χ2n) is 8.75. The van der Waals surface area contributed by atoms with Gasteiger partial charge in [-0.2, -0.15) is 5.26 Å². The molecule has 0 radical (unpaired) electrons. The van der Waals surface area contributed by atoms with Gasteiger partial charge in [0, 0.05) is 39.8 Å². The molecule has 31 heavy (non-hydrogen) atoms. The van der Waals surface area contributed by atoms with Gasteiger partial charge in [-0.15, -0.1) is 11.3 Å². The molecule has 0 aliphatic carbocycles. The minimum Gasteiger partial charge on any atom is -0.508 e. The Balaban J connectivity index is 1.49. The van der Waals surface area contributed by atoms with Crippen LogP contribution in [0.3, 0.4) is 0 Å². The predicted octanol–water partition coefficient (Wildman–Crippen LogP) is 6.43. The standard InChI is InChI=1S/C25H21N3O2S/c1-25(2,3)23-14-31-24(27-23)22-9-16-8-15(4-7-21(16)30-22)12-28-13-17(11-26)19-10-18(29)5-6-20(19)28/h4-10,13-14,29H,12H2,1-3H3. The molecule has 3 aromatic heterocycles. The molecule has 0 saturated heterocycles. The molecular formula is C25H21N3O2S. The van der Waals surface area contributed by atoms with Gasteiger partial charge in [0.05, 0.1) is 11.3 Å². The van der Waals surface area contributed by atoms with Crippen LogP contribution < -0.4 is 0 Å². The van der Waals surface area contributed by atoms with Crippen molar-refractivity contribution in [1.82, 2.24) is 9.55 Å². The van der Waals surface area contributed by atoms with Gasteiger partial charge in [-0.05, 0) is 42.0 Å². The molecule has 5 aromatic rings. The van der Waals surface area contributed by atoms with Crippen LogP contribution in [0.2, 0.25) is 0 Å². The number of rotatable bonds is 3. The number of fused-ring (bicyclic) bond motifs is 2. The predicted molar refractivity (Wildman–Crippen MR) is 123 cm³/mol. The van der Waals surface area contributed by atoms with Crippen molar-refractivity contribution in [1.29, 1.82) is 5.26 Å². The highest BCUT2D eigenvalue weighted by Crippen LogP contribution is 2.34. The molecule has 0 aliphatic rings. The first-order chi connectivity index (χ1) is 14.8. The van der Waals surface area contributed by atoms with Crippen LogP contribution >= 0.6 is 11.3 Å². The fourth-order valence-corrected chi connectivity index (χ4v) is 4.73. The highest BCUT2D eigenvalue weighted by molar-refractivity contribution is 7.13. The molecule has 0 amide bonds. The minimum absolute atomic E-state index is 0.00649. The third kappa shape index (κ3) is 3.47. The SMILES string of the molecule is CC(C)(C)c1csc(-c2cc3cc(Cn4cc(C#N)c5cc(O)ccc54)ccc3o2)n1. The highest BCUT2D eigenvalue weighted by Gasteiger charge is 2.19. The van der Waals surface area contributed by atoms with Gasteiger partial charge in [-0.1, -0.05) is 26.8 Å². The average molecular weight is 428 g/mol. The topological polar surface area (TPSA) is 75.0 Å². The Bertz CT molecular complexity index is 1470. The molecule has 154 valence electrons. The zero-order chi connectivity index (χ0) is 21.8. The van der Waals surface area contributed by atoms with Gasteiger partial charge in [0.1, 0.15) is 17.4 Å². The third-order valence-electron chi connectivity index (χ3n) is 5.40. The lowest BCUT2D eigenvalue weighted by atomic mass is 9.93. The van der Waals surface area contributed by atoms with Crippen molar-refractivity contribution in [3.8, 4) is 22.6 Å². The fourth-order valence-electron chi connectivity index (χ4n) is 3.73. The van der Waals surface area contributed by atoms with Crippen LogP contribution in [0.4, 0.5) is 0 Å². The Morgan fingerprint density at radius 2 is 2.00 bits per heavy atom. The highest BCUT2D eigenvalue weighted by atomic mass is 32.1. The Morgan fingerprint density at radius 1 is 1.16 bits per heavy atom. The van der Waals surface area contributed by atoms with E-state index in [4.69, 9.17) is 9.40 Å². The van der Waals surface area contributed by atoms with Crippen molar-refractivity contribution in [2.24, 2.45) is 0 Å². The molecule has 5 rings (SSSR count). The van der Waals surface area contributed by atoms with Crippen molar-refractivity contribution in [2.75, 3.05) is 0 Å². The number of hydrogen-bond donors (Lipinski definition) is 1. The van der Waals surface area contributed by atoms with E-state index in [0.717, 1.165) is 43.9 Å². The molecular weight excluding hydrogens is 406 g/mol. The van der Waals surface area contributed by atoms with Gasteiger partial charge in [0.15, 0.2) is 10.8 Å². The number of aromatic nitrogens is 2. The van der Waals surface area contributed by atoms with Crippen LogP contribution in [0.1, 0.15) is 37.6 Å². The van der Waals surface area contributed by atoms with Crippen molar-refractivity contribution in [3.63, 3.8) is 0 Å². The fraction of sp³-hybridized carbons (Fsp3) is 0.200. The Hall–Kier alpha value is -3.56. The summed E-state index contributed by atoms with van der Waals surface area (Å²) in [5.74, 6) is 0.937. The van der Waals surface area contributed by atoms with E-state index in [1.807, 2.05) is 35.0 Å². The first-order valence-corrected chi connectivity index (χ1v) is 10.9. The van der Waals surface area contributed by atoms with Crippen LogP contribution in [0.5, 0.6) is 5.75 Å². The maximum atomic E-state index is 9.78. The van der Waals surface area contributed by atoms with Crippen LogP contribution in [-0.2, 0) is 12.0 Å². The molecule has 6 heteroatoms. The summed E-state index contributed by atoms with van der Waals surface area (Å²) in [6.07, 6.45) is 1.83. The van der Waals surface area contributed by atoms with E-state index in [9.17, 15) is 10.4 Å². The maximum absolute atomic E-state index is 9.78. The summed E-state index contributed by atoms with van der Waals surface area (Å²) in [7, 11) is 0. The summed E-state index contributed by atoms with van der Waals surface area (Å²) in [4.78, 5) is 4.76. The first-order valence-electron chi connectivity index (χ1n) is 10.0. The van der Waals surface area contributed by atoms with Crippen LogP contribution in [0.25, 0.3) is 32.6 Å². The van der Waals surface area contributed by atoms with E-state index in [1.54, 1.807) is 23.5 Å². The Morgan fingerprint density at radius 3 is 2.74 bits per heavy atom. The van der Waals surface area contributed by atoms with Crippen molar-refractivity contribution >= 4 is 33.2 Å². The third-order valence-corrected chi connectivity index (χ3v) is 6.26. The first kappa shape index (κ1) is 19.4. The average Bonchev–Trinajstić information content (AvgIpc) is 3.44. The molecule has 1 N–H and O–H groups in total. The minimum atomic E-state index is 0.00649. The molecule has 0 spiro atoms. The van der Waals surface area contributed by atoms with Gasteiger partial charge in [0.25, 0.3) is 0 Å². The normalized spacial score (nSPS) is 11.9. The quantitative estimate of drug-likeness (QED) is 0.360. The second-order valence-corrected chi connectivity index (χ2v) is 9.61. The van der Waals surface area contributed by atoms with E-state index in [1.165, 1.54) is 0 Å². The molecule has 0 fully saturated rings. The van der Waals surface area contributed by atoms with E-state index >= 15 is 0 Å². The number of hydrogen-bond acceptors (Lipinski definition) is 5. The van der Waals surface area contributed by atoms with Crippen molar-refractivity contribution < 1.29 is 9.52 Å². The number of thiazole rings is 1. The molecule has 0 atom stereocenters. The number of nitrogens with zero attached hydrogens (tertiary/aromatic N) is 3. The van der Waals surface area contributed by atoms with Crippen LogP contribution in [0.15, 0.2) is 58.5 Å². The van der Waals surface area contributed by atoms with E-state index in [2.05, 4.69) is 38.3 Å². The zero-order valence-corrected chi connectivity index (χ0v) is 18.3. The Kier molecular flexibility index (Phi) is 4.38. The molecule has 0 bridgehead atoms. The maximum Gasteiger partial charge on any atom is 0.164 e. The smallest absolute Gasteiger partial charge is 0.164 e. The summed E-state index contributed by atoms with van der Waals surface area (Å²) in [6, 6.07) is 15.5. The lowest BCUT2D eigenvalue weighted by Crippen LogP contribution is -2.11. The monoisotopic (exact) mass is 427 g/mol. The van der Waals surface area contributed by atoms with E-state index in [-0.39, 0.29) is 11.2 Å². The summed E-state index contributed by atoms with van der Waals surface area (Å²) < 4.78 is 8.09. The van der Waals surface area contributed by atoms with Gasteiger partial charge in [-0.25, -0.2) is 4.98 Å². The molecule has 2 aromatic carbocycles. The van der Waals surface area contributed by atoms with Gasteiger partial charge < -0.3 is 14.1 Å². The van der Waals surface area contributed by atoms with Gasteiger partial charge in [0.2, 0.25) is 0 Å². The van der Waals surface area contributed by atoms with Gasteiger partial charge >= 0.3 is 0 Å². The lowest BCUT2D eigenvalue weighted by molar-refractivity contribution is 0.476. The van der Waals surface area contributed by atoms with E-state index < -0.39 is 0 Å². The summed E-state index contributed by atoms with van der Waals surface area (Å²) >= 11 is 1.60. The van der Waals surface area contributed by atoms with E-state index in [0.29, 0.717) is 12.1 Å². The number of benzene rings is 2. The molecule has 0 unspecified atom stereocenters. The number of nitriles is 1. The van der Waals surface area contributed by atoms with Crippen LogP contribution in [-0.4, -0.2) is 14.7 Å². The molecule has 0 aliphatic heterocycles. The summed E-state index contributed by atoms with van der Waals surface area (Å²) in [6.45, 7) is 7.08. The number of furan rings is 1. The number of phenolic OH excluding ortho intramolecular Hbond substituents is 1. The molecule has 3 heterocycles. The number of phenols is 1. The van der Waals surface area contributed by atoms with Gasteiger partial charge in [-0.3, -0.25) is 0 Å². The van der Waals surface area contributed by atoms with Crippen molar-refractivity contribution in [2.45, 2.75) is 32.7 Å². The summed E-state index contributed by atoms with van der Waals surface area (Å²) in [5.41, 5.74) is 4.46. The van der Waals surface area contributed by atoms with Crippen molar-refractivity contribution in [3.05, 3.63) is 70.9 Å². The zero-order valence-electron chi connectivity index (χ0n) is 17.5. The largest absolute Gasteiger partial charge is 0.508 e.